The molecule has 114 valence electrons. The molecule has 6 heteroatoms. The average molecular weight is 292 g/mol. The molecule has 0 bridgehead atoms. The Balaban J connectivity index is 2.19. The first-order chi connectivity index (χ1) is 9.93. The van der Waals surface area contributed by atoms with Gasteiger partial charge in [-0.3, -0.25) is 14.2 Å². The third kappa shape index (κ3) is 3.51. The van der Waals surface area contributed by atoms with Gasteiger partial charge in [-0.25, -0.2) is 4.79 Å². The molecule has 1 aliphatic rings. The topological polar surface area (TPSA) is 88.4 Å². The number of hydrogen-bond acceptors (Lipinski definition) is 3. The Labute approximate surface area is 123 Å². The van der Waals surface area contributed by atoms with Gasteiger partial charge in [-0.15, -0.1) is 0 Å². The summed E-state index contributed by atoms with van der Waals surface area (Å²) in [5, 5.41) is 12.0. The zero-order valence-corrected chi connectivity index (χ0v) is 12.1. The smallest absolute Gasteiger partial charge is 0.326 e. The Morgan fingerprint density at radius 1 is 1.29 bits per heavy atom. The zero-order chi connectivity index (χ0) is 15.5. The molecule has 0 spiro atoms. The van der Waals surface area contributed by atoms with E-state index < -0.39 is 17.5 Å². The Morgan fingerprint density at radius 3 is 2.52 bits per heavy atom. The summed E-state index contributed by atoms with van der Waals surface area (Å²) in [6.07, 6.45) is 5.60. The molecule has 1 aromatic heterocycles. The van der Waals surface area contributed by atoms with Crippen LogP contribution in [0.2, 0.25) is 0 Å². The standard InChI is InChI=1S/C15H20N2O4/c1-11(18)12-6-5-9-17(12)14(21)16-15(10-13(19)20)7-3-2-4-8-15/h5-6,9H,2-4,7-8,10H2,1H3,(H,16,21)(H,19,20). The number of aliphatic carboxylic acids is 1. The van der Waals surface area contributed by atoms with Gasteiger partial charge >= 0.3 is 12.0 Å². The maximum Gasteiger partial charge on any atom is 0.326 e. The van der Waals surface area contributed by atoms with E-state index in [0.717, 1.165) is 19.3 Å². The van der Waals surface area contributed by atoms with Gasteiger partial charge in [0.1, 0.15) is 0 Å². The number of hydrogen-bond donors (Lipinski definition) is 2. The lowest BCUT2D eigenvalue weighted by atomic mass is 9.79. The molecule has 21 heavy (non-hydrogen) atoms. The Morgan fingerprint density at radius 2 is 1.95 bits per heavy atom. The predicted octanol–water partition coefficient (Wildman–Crippen LogP) is 2.43. The highest BCUT2D eigenvalue weighted by atomic mass is 16.4. The molecule has 1 saturated carbocycles. The third-order valence-electron chi connectivity index (χ3n) is 4.00. The molecule has 0 aromatic carbocycles. The van der Waals surface area contributed by atoms with Crippen molar-refractivity contribution in [2.24, 2.45) is 0 Å². The van der Waals surface area contributed by atoms with Gasteiger partial charge in [0, 0.05) is 13.1 Å². The fourth-order valence-corrected chi connectivity index (χ4v) is 3.00. The lowest BCUT2D eigenvalue weighted by Crippen LogP contribution is -2.52. The van der Waals surface area contributed by atoms with E-state index in [0.29, 0.717) is 18.5 Å². The Hall–Kier alpha value is -2.11. The highest BCUT2D eigenvalue weighted by Crippen LogP contribution is 2.31. The maximum atomic E-state index is 12.4. The first-order valence-electron chi connectivity index (χ1n) is 7.16. The van der Waals surface area contributed by atoms with E-state index in [1.807, 2.05) is 0 Å². The van der Waals surface area contributed by atoms with Crippen LogP contribution in [0, 0.1) is 0 Å². The van der Waals surface area contributed by atoms with Gasteiger partial charge in [-0.1, -0.05) is 19.3 Å². The van der Waals surface area contributed by atoms with Crippen molar-refractivity contribution >= 4 is 17.8 Å². The number of ketones is 1. The normalized spacial score (nSPS) is 17.2. The first-order valence-corrected chi connectivity index (χ1v) is 7.16. The van der Waals surface area contributed by atoms with Crippen molar-refractivity contribution in [2.45, 2.75) is 51.0 Å². The molecule has 2 rings (SSSR count). The van der Waals surface area contributed by atoms with Gasteiger partial charge in [0.05, 0.1) is 17.7 Å². The number of carbonyl (C=O) groups is 3. The SMILES string of the molecule is CC(=O)c1cccn1C(=O)NC1(CC(=O)O)CCCCC1. The number of carboxylic acids is 1. The third-order valence-corrected chi connectivity index (χ3v) is 4.00. The molecule has 0 atom stereocenters. The molecular weight excluding hydrogens is 272 g/mol. The Kier molecular flexibility index (Phi) is 4.45. The quantitative estimate of drug-likeness (QED) is 0.834. The summed E-state index contributed by atoms with van der Waals surface area (Å²) < 4.78 is 1.25. The van der Waals surface area contributed by atoms with Crippen LogP contribution in [0.3, 0.4) is 0 Å². The second-order valence-corrected chi connectivity index (χ2v) is 5.66. The van der Waals surface area contributed by atoms with Crippen molar-refractivity contribution in [3.63, 3.8) is 0 Å². The average Bonchev–Trinajstić information content (AvgIpc) is 2.87. The van der Waals surface area contributed by atoms with Crippen LogP contribution >= 0.6 is 0 Å². The Bertz CT molecular complexity index is 556. The second kappa shape index (κ2) is 6.11. The summed E-state index contributed by atoms with van der Waals surface area (Å²) in [7, 11) is 0. The van der Waals surface area contributed by atoms with Gasteiger partial charge in [0.2, 0.25) is 0 Å². The van der Waals surface area contributed by atoms with Crippen LogP contribution < -0.4 is 5.32 Å². The molecule has 0 saturated heterocycles. The van der Waals surface area contributed by atoms with Gasteiger partial charge in [0.25, 0.3) is 0 Å². The molecular formula is C15H20N2O4. The zero-order valence-electron chi connectivity index (χ0n) is 12.1. The van der Waals surface area contributed by atoms with E-state index in [-0.39, 0.29) is 12.2 Å². The van der Waals surface area contributed by atoms with E-state index in [4.69, 9.17) is 5.11 Å². The number of Topliss-reactive ketones (excluding diaryl/α,β-unsaturated/α-hetero) is 1. The van der Waals surface area contributed by atoms with Crippen LogP contribution in [-0.4, -0.2) is 33.0 Å². The van der Waals surface area contributed by atoms with Crippen molar-refractivity contribution in [3.05, 3.63) is 24.0 Å². The van der Waals surface area contributed by atoms with Crippen LogP contribution in [0.5, 0.6) is 0 Å². The fourth-order valence-electron chi connectivity index (χ4n) is 3.00. The highest BCUT2D eigenvalue weighted by molar-refractivity contribution is 5.96. The molecule has 2 N–H and O–H groups in total. The van der Waals surface area contributed by atoms with Crippen molar-refractivity contribution in [1.82, 2.24) is 9.88 Å². The van der Waals surface area contributed by atoms with Gasteiger partial charge in [-0.05, 0) is 25.0 Å². The predicted molar refractivity (Wildman–Crippen MR) is 76.4 cm³/mol. The number of nitrogens with zero attached hydrogens (tertiary/aromatic N) is 1. The number of carboxylic acid groups (broad SMARTS) is 1. The monoisotopic (exact) mass is 292 g/mol. The van der Waals surface area contributed by atoms with Gasteiger partial charge < -0.3 is 10.4 Å². The number of carbonyl (C=O) groups excluding carboxylic acids is 2. The first kappa shape index (κ1) is 15.3. The number of amides is 1. The minimum Gasteiger partial charge on any atom is -0.481 e. The van der Waals surface area contributed by atoms with Crippen LogP contribution in [0.25, 0.3) is 0 Å². The number of nitrogens with one attached hydrogen (secondary N) is 1. The molecule has 1 fully saturated rings. The summed E-state index contributed by atoms with van der Waals surface area (Å²) in [6, 6.07) is 2.77. The van der Waals surface area contributed by atoms with Crippen LogP contribution in [0.4, 0.5) is 4.79 Å². The fraction of sp³-hybridized carbons (Fsp3) is 0.533. The van der Waals surface area contributed by atoms with E-state index in [1.165, 1.54) is 17.7 Å². The van der Waals surface area contributed by atoms with E-state index in [1.54, 1.807) is 12.1 Å². The van der Waals surface area contributed by atoms with Crippen molar-refractivity contribution in [3.8, 4) is 0 Å². The lowest BCUT2D eigenvalue weighted by Gasteiger charge is -2.37. The van der Waals surface area contributed by atoms with Crippen LogP contribution in [-0.2, 0) is 4.79 Å². The summed E-state index contributed by atoms with van der Waals surface area (Å²) >= 11 is 0. The second-order valence-electron chi connectivity index (χ2n) is 5.66. The summed E-state index contributed by atoms with van der Waals surface area (Å²) in [5.41, 5.74) is -0.409. The number of aromatic nitrogens is 1. The summed E-state index contributed by atoms with van der Waals surface area (Å²) in [6.45, 7) is 1.40. The van der Waals surface area contributed by atoms with Crippen molar-refractivity contribution in [2.75, 3.05) is 0 Å². The molecule has 0 aliphatic heterocycles. The van der Waals surface area contributed by atoms with Gasteiger partial charge in [-0.2, -0.15) is 0 Å². The molecule has 1 aromatic rings. The molecule has 1 aliphatic carbocycles. The molecule has 1 heterocycles. The largest absolute Gasteiger partial charge is 0.481 e. The molecule has 6 nitrogen and oxygen atoms in total. The van der Waals surface area contributed by atoms with Gasteiger partial charge in [0.15, 0.2) is 5.78 Å². The lowest BCUT2D eigenvalue weighted by molar-refractivity contribution is -0.139. The number of rotatable bonds is 4. The summed E-state index contributed by atoms with van der Waals surface area (Å²) in [4.78, 5) is 35.0. The van der Waals surface area contributed by atoms with Crippen LogP contribution in [0.1, 0.15) is 55.9 Å². The van der Waals surface area contributed by atoms with Crippen molar-refractivity contribution < 1.29 is 19.5 Å². The maximum absolute atomic E-state index is 12.4. The molecule has 0 radical (unpaired) electrons. The van der Waals surface area contributed by atoms with E-state index >= 15 is 0 Å². The minimum atomic E-state index is -0.920. The van der Waals surface area contributed by atoms with Crippen molar-refractivity contribution in [1.29, 1.82) is 0 Å². The van der Waals surface area contributed by atoms with E-state index in [9.17, 15) is 14.4 Å². The van der Waals surface area contributed by atoms with Crippen LogP contribution in [0.15, 0.2) is 18.3 Å². The molecule has 0 unspecified atom stereocenters. The highest BCUT2D eigenvalue weighted by Gasteiger charge is 2.36. The molecule has 1 amide bonds. The minimum absolute atomic E-state index is 0.0879. The summed E-state index contributed by atoms with van der Waals surface area (Å²) in [5.74, 6) is -1.12. The van der Waals surface area contributed by atoms with E-state index in [2.05, 4.69) is 5.32 Å².